The molecule has 3 nitrogen and oxygen atoms in total. The molecule has 17 heavy (non-hydrogen) atoms. The SMILES string of the molecule is CC(C)(C)OC(=O)N1CCC2(CC1)CC(F)C2. The number of likely N-dealkylation sites (tertiary alicyclic amines) is 1. The van der Waals surface area contributed by atoms with Crippen molar-refractivity contribution in [2.24, 2.45) is 5.41 Å². The van der Waals surface area contributed by atoms with Crippen molar-refractivity contribution in [2.75, 3.05) is 13.1 Å². The molecule has 0 aromatic heterocycles. The Kier molecular flexibility index (Phi) is 3.08. The summed E-state index contributed by atoms with van der Waals surface area (Å²) in [7, 11) is 0. The van der Waals surface area contributed by atoms with Crippen molar-refractivity contribution < 1.29 is 13.9 Å². The van der Waals surface area contributed by atoms with Crippen LogP contribution in [0.4, 0.5) is 9.18 Å². The molecular weight excluding hydrogens is 221 g/mol. The van der Waals surface area contributed by atoms with Gasteiger partial charge in [-0.2, -0.15) is 0 Å². The third-order valence-corrected chi connectivity index (χ3v) is 3.78. The van der Waals surface area contributed by atoms with Gasteiger partial charge < -0.3 is 9.64 Å². The summed E-state index contributed by atoms with van der Waals surface area (Å²) in [6, 6.07) is 0. The van der Waals surface area contributed by atoms with E-state index in [4.69, 9.17) is 4.74 Å². The Balaban J connectivity index is 1.81. The first-order chi connectivity index (χ1) is 7.80. The Morgan fingerprint density at radius 3 is 2.24 bits per heavy atom. The van der Waals surface area contributed by atoms with Crippen LogP contribution in [0.25, 0.3) is 0 Å². The summed E-state index contributed by atoms with van der Waals surface area (Å²) in [5, 5.41) is 0. The number of alkyl halides is 1. The Labute approximate surface area is 102 Å². The molecule has 0 bridgehead atoms. The van der Waals surface area contributed by atoms with Gasteiger partial charge in [0, 0.05) is 13.1 Å². The van der Waals surface area contributed by atoms with Gasteiger partial charge >= 0.3 is 6.09 Å². The first-order valence-corrected chi connectivity index (χ1v) is 6.42. The van der Waals surface area contributed by atoms with Crippen LogP contribution in [0.1, 0.15) is 46.5 Å². The second kappa shape index (κ2) is 4.14. The Morgan fingerprint density at radius 2 is 1.82 bits per heavy atom. The van der Waals surface area contributed by atoms with Gasteiger partial charge in [-0.1, -0.05) is 0 Å². The van der Waals surface area contributed by atoms with Crippen molar-refractivity contribution in [2.45, 2.75) is 58.2 Å². The number of rotatable bonds is 0. The molecule has 2 rings (SSSR count). The zero-order chi connectivity index (χ0) is 12.7. The average molecular weight is 243 g/mol. The summed E-state index contributed by atoms with van der Waals surface area (Å²) >= 11 is 0. The second-order valence-corrected chi connectivity index (χ2v) is 6.47. The van der Waals surface area contributed by atoms with Gasteiger partial charge in [-0.3, -0.25) is 0 Å². The highest BCUT2D eigenvalue weighted by Gasteiger charge is 2.46. The smallest absolute Gasteiger partial charge is 0.410 e. The lowest BCUT2D eigenvalue weighted by molar-refractivity contribution is -0.0369. The standard InChI is InChI=1S/C13H22FNO2/c1-12(2,3)17-11(16)15-6-4-13(5-7-15)8-10(14)9-13/h10H,4-9H2,1-3H3. The number of halogens is 1. The molecule has 0 atom stereocenters. The predicted octanol–water partition coefficient (Wildman–Crippen LogP) is 3.14. The largest absolute Gasteiger partial charge is 0.444 e. The van der Waals surface area contributed by atoms with E-state index in [0.717, 1.165) is 12.8 Å². The minimum atomic E-state index is -0.608. The summed E-state index contributed by atoms with van der Waals surface area (Å²) in [6.07, 6.45) is 2.38. The molecule has 0 aromatic rings. The fourth-order valence-electron chi connectivity index (χ4n) is 2.78. The summed E-state index contributed by atoms with van der Waals surface area (Å²) in [6.45, 7) is 7.03. The van der Waals surface area contributed by atoms with Crippen LogP contribution in [0, 0.1) is 5.41 Å². The molecule has 0 unspecified atom stereocenters. The highest BCUT2D eigenvalue weighted by Crippen LogP contribution is 2.50. The highest BCUT2D eigenvalue weighted by atomic mass is 19.1. The van der Waals surface area contributed by atoms with E-state index >= 15 is 0 Å². The summed E-state index contributed by atoms with van der Waals surface area (Å²) in [5.41, 5.74) is -0.245. The first-order valence-electron chi connectivity index (χ1n) is 6.42. The van der Waals surface area contributed by atoms with Crippen molar-refractivity contribution in [3.63, 3.8) is 0 Å². The van der Waals surface area contributed by atoms with Crippen LogP contribution in [0.3, 0.4) is 0 Å². The van der Waals surface area contributed by atoms with Crippen LogP contribution in [0.15, 0.2) is 0 Å². The van der Waals surface area contributed by atoms with Crippen molar-refractivity contribution in [1.82, 2.24) is 4.90 Å². The minimum Gasteiger partial charge on any atom is -0.444 e. The van der Waals surface area contributed by atoms with Crippen molar-refractivity contribution in [3.05, 3.63) is 0 Å². The lowest BCUT2D eigenvalue weighted by atomic mass is 9.62. The fourth-order valence-corrected chi connectivity index (χ4v) is 2.78. The zero-order valence-electron chi connectivity index (χ0n) is 11.0. The van der Waals surface area contributed by atoms with E-state index in [1.165, 1.54) is 0 Å². The maximum atomic E-state index is 12.9. The first kappa shape index (κ1) is 12.7. The Hall–Kier alpha value is -0.800. The lowest BCUT2D eigenvalue weighted by Gasteiger charge is -2.49. The fraction of sp³-hybridized carbons (Fsp3) is 0.923. The summed E-state index contributed by atoms with van der Waals surface area (Å²) in [4.78, 5) is 13.6. The van der Waals surface area contributed by atoms with Crippen LogP contribution >= 0.6 is 0 Å². The molecule has 1 spiro atoms. The van der Waals surface area contributed by atoms with Gasteiger partial charge in [-0.15, -0.1) is 0 Å². The number of hydrogen-bond acceptors (Lipinski definition) is 2. The minimum absolute atomic E-state index is 0.192. The third kappa shape index (κ3) is 2.90. The molecule has 2 fully saturated rings. The van der Waals surface area contributed by atoms with Crippen LogP contribution in [0.2, 0.25) is 0 Å². The van der Waals surface area contributed by atoms with Crippen LogP contribution < -0.4 is 0 Å². The topological polar surface area (TPSA) is 29.5 Å². The number of amides is 1. The monoisotopic (exact) mass is 243 g/mol. The maximum absolute atomic E-state index is 12.9. The van der Waals surface area contributed by atoms with Crippen molar-refractivity contribution in [3.8, 4) is 0 Å². The van der Waals surface area contributed by atoms with Crippen LogP contribution in [-0.2, 0) is 4.74 Å². The number of hydrogen-bond donors (Lipinski definition) is 0. The molecule has 0 aromatic carbocycles. The van der Waals surface area contributed by atoms with E-state index in [-0.39, 0.29) is 11.5 Å². The molecule has 1 aliphatic carbocycles. The lowest BCUT2D eigenvalue weighted by Crippen LogP contribution is -2.50. The summed E-state index contributed by atoms with van der Waals surface area (Å²) in [5.74, 6) is 0. The van der Waals surface area contributed by atoms with Crippen LogP contribution in [0.5, 0.6) is 0 Å². The molecule has 4 heteroatoms. The molecule has 2 aliphatic rings. The van der Waals surface area contributed by atoms with Gasteiger partial charge in [-0.25, -0.2) is 9.18 Å². The quantitative estimate of drug-likeness (QED) is 0.654. The molecule has 1 aliphatic heterocycles. The van der Waals surface area contributed by atoms with E-state index in [0.29, 0.717) is 25.9 Å². The molecule has 1 amide bonds. The maximum Gasteiger partial charge on any atom is 0.410 e. The molecule has 1 saturated heterocycles. The van der Waals surface area contributed by atoms with E-state index in [1.807, 2.05) is 20.8 Å². The summed E-state index contributed by atoms with van der Waals surface area (Å²) < 4.78 is 18.3. The third-order valence-electron chi connectivity index (χ3n) is 3.78. The number of piperidine rings is 1. The molecule has 98 valence electrons. The van der Waals surface area contributed by atoms with Crippen molar-refractivity contribution >= 4 is 6.09 Å². The van der Waals surface area contributed by atoms with E-state index in [2.05, 4.69) is 0 Å². The zero-order valence-corrected chi connectivity index (χ0v) is 11.0. The second-order valence-electron chi connectivity index (χ2n) is 6.47. The molecule has 0 radical (unpaired) electrons. The average Bonchev–Trinajstić information content (AvgIpc) is 2.14. The number of carbonyl (C=O) groups excluding carboxylic acids is 1. The molecule has 1 saturated carbocycles. The number of nitrogens with zero attached hydrogens (tertiary/aromatic N) is 1. The van der Waals surface area contributed by atoms with E-state index in [1.54, 1.807) is 4.90 Å². The van der Waals surface area contributed by atoms with Gasteiger partial charge in [-0.05, 0) is 51.9 Å². The van der Waals surface area contributed by atoms with Gasteiger partial charge in [0.15, 0.2) is 0 Å². The van der Waals surface area contributed by atoms with E-state index < -0.39 is 11.8 Å². The van der Waals surface area contributed by atoms with Gasteiger partial charge in [0.05, 0.1) is 0 Å². The van der Waals surface area contributed by atoms with E-state index in [9.17, 15) is 9.18 Å². The normalized spacial score (nSPS) is 24.6. The highest BCUT2D eigenvalue weighted by molar-refractivity contribution is 5.68. The molecular formula is C13H22FNO2. The van der Waals surface area contributed by atoms with Gasteiger partial charge in [0.2, 0.25) is 0 Å². The molecule has 0 N–H and O–H groups in total. The Bertz CT molecular complexity index is 295. The van der Waals surface area contributed by atoms with Gasteiger partial charge in [0.1, 0.15) is 11.8 Å². The Morgan fingerprint density at radius 1 is 1.29 bits per heavy atom. The predicted molar refractivity (Wildman–Crippen MR) is 63.6 cm³/mol. The van der Waals surface area contributed by atoms with Crippen LogP contribution in [-0.4, -0.2) is 35.9 Å². The number of carbonyl (C=O) groups is 1. The molecule has 1 heterocycles. The van der Waals surface area contributed by atoms with Crippen molar-refractivity contribution in [1.29, 1.82) is 0 Å². The number of ether oxygens (including phenoxy) is 1. The van der Waals surface area contributed by atoms with Gasteiger partial charge in [0.25, 0.3) is 0 Å².